The molecule has 1 aromatic rings. The lowest BCUT2D eigenvalue weighted by molar-refractivity contribution is 0.0320. The standard InChI is InChI=1S/C19H31N5O/c1-16-14-19(21-15-20-16)24(17-2-3-17)18-4-6-22(7-5-18)8-9-23-10-12-25-13-11-23/h14-15,17-18H,2-13H2,1H3. The van der Waals surface area contributed by atoms with E-state index in [0.29, 0.717) is 12.1 Å². The topological polar surface area (TPSA) is 44.7 Å². The van der Waals surface area contributed by atoms with Crippen LogP contribution < -0.4 is 4.90 Å². The zero-order valence-electron chi connectivity index (χ0n) is 15.4. The summed E-state index contributed by atoms with van der Waals surface area (Å²) in [5.41, 5.74) is 1.07. The Bertz CT molecular complexity index is 551. The first kappa shape index (κ1) is 17.2. The average molecular weight is 345 g/mol. The Kier molecular flexibility index (Phi) is 5.48. The van der Waals surface area contributed by atoms with Crippen LogP contribution in [0.3, 0.4) is 0 Å². The number of nitrogens with zero attached hydrogens (tertiary/aromatic N) is 5. The molecule has 25 heavy (non-hydrogen) atoms. The lowest BCUT2D eigenvalue weighted by atomic mass is 10.0. The van der Waals surface area contributed by atoms with Gasteiger partial charge in [-0.3, -0.25) is 4.90 Å². The number of aromatic nitrogens is 2. The molecule has 1 saturated carbocycles. The van der Waals surface area contributed by atoms with Crippen molar-refractivity contribution in [2.24, 2.45) is 0 Å². The third-order valence-electron chi connectivity index (χ3n) is 5.78. The summed E-state index contributed by atoms with van der Waals surface area (Å²) < 4.78 is 5.44. The lowest BCUT2D eigenvalue weighted by Crippen LogP contribution is -2.48. The van der Waals surface area contributed by atoms with Crippen molar-refractivity contribution in [3.05, 3.63) is 18.1 Å². The van der Waals surface area contributed by atoms with E-state index in [2.05, 4.69) is 37.7 Å². The van der Waals surface area contributed by atoms with Gasteiger partial charge in [-0.15, -0.1) is 0 Å². The molecule has 6 heteroatoms. The third-order valence-corrected chi connectivity index (χ3v) is 5.78. The summed E-state index contributed by atoms with van der Waals surface area (Å²) in [4.78, 5) is 16.6. The number of hydrogen-bond donors (Lipinski definition) is 0. The maximum atomic E-state index is 5.44. The van der Waals surface area contributed by atoms with Crippen molar-refractivity contribution in [1.82, 2.24) is 19.8 Å². The van der Waals surface area contributed by atoms with Gasteiger partial charge in [0.05, 0.1) is 13.2 Å². The summed E-state index contributed by atoms with van der Waals surface area (Å²) in [6.45, 7) is 10.9. The van der Waals surface area contributed by atoms with E-state index >= 15 is 0 Å². The van der Waals surface area contributed by atoms with Crippen LogP contribution >= 0.6 is 0 Å². The molecule has 0 unspecified atom stereocenters. The number of morpholine rings is 1. The van der Waals surface area contributed by atoms with Crippen LogP contribution in [0.1, 0.15) is 31.4 Å². The molecule has 0 spiro atoms. The summed E-state index contributed by atoms with van der Waals surface area (Å²) >= 11 is 0. The summed E-state index contributed by atoms with van der Waals surface area (Å²) in [7, 11) is 0. The molecule has 1 aliphatic carbocycles. The first-order valence-electron chi connectivity index (χ1n) is 9.89. The molecule has 0 amide bonds. The molecule has 4 rings (SSSR count). The van der Waals surface area contributed by atoms with Crippen LogP contribution in [0.2, 0.25) is 0 Å². The number of ether oxygens (including phenoxy) is 1. The Balaban J connectivity index is 1.29. The Labute approximate surface area is 151 Å². The quantitative estimate of drug-likeness (QED) is 0.779. The number of likely N-dealkylation sites (tertiary alicyclic amines) is 1. The molecule has 3 heterocycles. The number of anilines is 1. The predicted molar refractivity (Wildman–Crippen MR) is 99.0 cm³/mol. The van der Waals surface area contributed by atoms with E-state index < -0.39 is 0 Å². The van der Waals surface area contributed by atoms with Crippen molar-refractivity contribution < 1.29 is 4.74 Å². The minimum atomic E-state index is 0.640. The Morgan fingerprint density at radius 1 is 0.960 bits per heavy atom. The second-order valence-corrected chi connectivity index (χ2v) is 7.68. The molecule has 1 aromatic heterocycles. The van der Waals surface area contributed by atoms with Gasteiger partial charge in [-0.25, -0.2) is 9.97 Å². The Morgan fingerprint density at radius 2 is 1.60 bits per heavy atom. The molecule has 0 atom stereocenters. The SMILES string of the molecule is Cc1cc(N(C2CC2)C2CCN(CCN3CCOCC3)CC2)ncn1. The molecule has 2 saturated heterocycles. The highest BCUT2D eigenvalue weighted by Crippen LogP contribution is 2.35. The van der Waals surface area contributed by atoms with E-state index in [-0.39, 0.29) is 0 Å². The van der Waals surface area contributed by atoms with E-state index in [1.54, 1.807) is 6.33 Å². The van der Waals surface area contributed by atoms with Gasteiger partial charge in [0.15, 0.2) is 0 Å². The van der Waals surface area contributed by atoms with Gasteiger partial charge in [0.1, 0.15) is 12.1 Å². The van der Waals surface area contributed by atoms with E-state index in [9.17, 15) is 0 Å². The number of hydrogen-bond acceptors (Lipinski definition) is 6. The van der Waals surface area contributed by atoms with Crippen LogP contribution in [0.5, 0.6) is 0 Å². The molecule has 0 aromatic carbocycles. The molecule has 3 fully saturated rings. The maximum Gasteiger partial charge on any atom is 0.132 e. The van der Waals surface area contributed by atoms with Crippen molar-refractivity contribution in [2.45, 2.75) is 44.7 Å². The van der Waals surface area contributed by atoms with Gasteiger partial charge in [0.25, 0.3) is 0 Å². The van der Waals surface area contributed by atoms with Crippen LogP contribution in [0.15, 0.2) is 12.4 Å². The molecule has 2 aliphatic heterocycles. The molecular weight excluding hydrogens is 314 g/mol. The highest BCUT2D eigenvalue weighted by molar-refractivity contribution is 5.43. The van der Waals surface area contributed by atoms with Crippen molar-refractivity contribution in [3.63, 3.8) is 0 Å². The van der Waals surface area contributed by atoms with Crippen LogP contribution in [-0.2, 0) is 4.74 Å². The van der Waals surface area contributed by atoms with Crippen molar-refractivity contribution in [1.29, 1.82) is 0 Å². The second kappa shape index (κ2) is 7.98. The van der Waals surface area contributed by atoms with Gasteiger partial charge in [0, 0.05) is 63.1 Å². The highest BCUT2D eigenvalue weighted by atomic mass is 16.5. The molecule has 3 aliphatic rings. The minimum Gasteiger partial charge on any atom is -0.379 e. The summed E-state index contributed by atoms with van der Waals surface area (Å²) in [6, 6.07) is 3.50. The van der Waals surface area contributed by atoms with E-state index in [1.165, 1.54) is 51.9 Å². The normalized spacial score (nSPS) is 23.7. The number of piperidine rings is 1. The van der Waals surface area contributed by atoms with Gasteiger partial charge in [-0.2, -0.15) is 0 Å². The Hall–Kier alpha value is -1.24. The highest BCUT2D eigenvalue weighted by Gasteiger charge is 2.36. The molecular formula is C19H31N5O. The minimum absolute atomic E-state index is 0.640. The molecule has 0 N–H and O–H groups in total. The fraction of sp³-hybridized carbons (Fsp3) is 0.789. The lowest BCUT2D eigenvalue weighted by Gasteiger charge is -2.40. The van der Waals surface area contributed by atoms with Crippen LogP contribution in [0.25, 0.3) is 0 Å². The van der Waals surface area contributed by atoms with E-state index in [4.69, 9.17) is 4.74 Å². The van der Waals surface area contributed by atoms with Crippen LogP contribution in [-0.4, -0.2) is 84.3 Å². The number of aryl methyl sites for hydroxylation is 1. The Morgan fingerprint density at radius 3 is 2.24 bits per heavy atom. The van der Waals surface area contributed by atoms with Crippen molar-refractivity contribution >= 4 is 5.82 Å². The summed E-state index contributed by atoms with van der Waals surface area (Å²) in [6.07, 6.45) is 6.86. The second-order valence-electron chi connectivity index (χ2n) is 7.68. The van der Waals surface area contributed by atoms with Gasteiger partial charge in [-0.1, -0.05) is 0 Å². The fourth-order valence-electron chi connectivity index (χ4n) is 4.14. The van der Waals surface area contributed by atoms with E-state index in [1.807, 2.05) is 0 Å². The third kappa shape index (κ3) is 4.49. The summed E-state index contributed by atoms with van der Waals surface area (Å²) in [5.74, 6) is 1.14. The largest absolute Gasteiger partial charge is 0.379 e. The molecule has 0 bridgehead atoms. The summed E-state index contributed by atoms with van der Waals surface area (Å²) in [5, 5.41) is 0. The van der Waals surface area contributed by atoms with Crippen molar-refractivity contribution in [2.75, 3.05) is 57.4 Å². The monoisotopic (exact) mass is 345 g/mol. The van der Waals surface area contributed by atoms with Gasteiger partial charge < -0.3 is 14.5 Å². The molecule has 0 radical (unpaired) electrons. The maximum absolute atomic E-state index is 5.44. The van der Waals surface area contributed by atoms with Crippen LogP contribution in [0, 0.1) is 6.92 Å². The van der Waals surface area contributed by atoms with Gasteiger partial charge in [-0.05, 0) is 32.6 Å². The molecule has 138 valence electrons. The fourth-order valence-corrected chi connectivity index (χ4v) is 4.14. The average Bonchev–Trinajstić information content (AvgIpc) is 3.47. The number of rotatable bonds is 6. The zero-order valence-corrected chi connectivity index (χ0v) is 15.4. The van der Waals surface area contributed by atoms with Gasteiger partial charge >= 0.3 is 0 Å². The van der Waals surface area contributed by atoms with Crippen molar-refractivity contribution in [3.8, 4) is 0 Å². The van der Waals surface area contributed by atoms with Crippen LogP contribution in [0.4, 0.5) is 5.82 Å². The van der Waals surface area contributed by atoms with Gasteiger partial charge in [0.2, 0.25) is 0 Å². The van der Waals surface area contributed by atoms with E-state index in [0.717, 1.165) is 37.8 Å². The smallest absolute Gasteiger partial charge is 0.132 e. The first-order chi connectivity index (χ1) is 12.3. The zero-order chi connectivity index (χ0) is 17.1. The molecule has 6 nitrogen and oxygen atoms in total. The predicted octanol–water partition coefficient (Wildman–Crippen LogP) is 1.55. The first-order valence-corrected chi connectivity index (χ1v) is 9.89.